The van der Waals surface area contributed by atoms with Gasteiger partial charge in [0.15, 0.2) is 11.6 Å². The van der Waals surface area contributed by atoms with E-state index in [0.29, 0.717) is 6.54 Å². The number of halogens is 1. The molecule has 0 bridgehead atoms. The molecule has 1 rings (SSSR count). The Kier molecular flexibility index (Phi) is 5.58. The Bertz CT molecular complexity index is 398. The molecule has 3 nitrogen and oxygen atoms in total. The lowest BCUT2D eigenvalue weighted by atomic mass is 10.2. The van der Waals surface area contributed by atoms with Gasteiger partial charge in [-0.1, -0.05) is 13.0 Å². The van der Waals surface area contributed by atoms with Gasteiger partial charge in [0.1, 0.15) is 0 Å². The first-order valence-electron chi connectivity index (χ1n) is 5.51. The number of phenols is 1. The van der Waals surface area contributed by atoms with Crippen LogP contribution in [0.3, 0.4) is 0 Å². The summed E-state index contributed by atoms with van der Waals surface area (Å²) < 4.78 is 24.1. The zero-order valence-corrected chi connectivity index (χ0v) is 10.9. The quantitative estimate of drug-likeness (QED) is 0.766. The van der Waals surface area contributed by atoms with E-state index in [1.807, 2.05) is 6.92 Å². The van der Waals surface area contributed by atoms with Crippen LogP contribution in [0.5, 0.6) is 5.75 Å². The van der Waals surface area contributed by atoms with Crippen molar-refractivity contribution < 1.29 is 13.7 Å². The summed E-state index contributed by atoms with van der Waals surface area (Å²) in [6.45, 7) is 3.22. The molecular weight excluding hydrogens is 241 g/mol. The molecule has 5 heteroatoms. The molecule has 0 aliphatic carbocycles. The SMILES string of the molecule is CC(CCNCc1ccc(O)c(F)c1)S(C)=O. The van der Waals surface area contributed by atoms with Gasteiger partial charge in [0.25, 0.3) is 0 Å². The molecule has 2 atom stereocenters. The van der Waals surface area contributed by atoms with Gasteiger partial charge >= 0.3 is 0 Å². The Balaban J connectivity index is 2.31. The predicted molar refractivity (Wildman–Crippen MR) is 67.9 cm³/mol. The molecule has 0 fully saturated rings. The molecule has 96 valence electrons. The van der Waals surface area contributed by atoms with Crippen molar-refractivity contribution in [1.82, 2.24) is 5.32 Å². The minimum Gasteiger partial charge on any atom is -0.505 e. The van der Waals surface area contributed by atoms with Crippen molar-refractivity contribution in [2.45, 2.75) is 25.1 Å². The summed E-state index contributed by atoms with van der Waals surface area (Å²) in [7, 11) is -0.798. The van der Waals surface area contributed by atoms with Crippen LogP contribution in [-0.4, -0.2) is 27.4 Å². The van der Waals surface area contributed by atoms with Crippen LogP contribution < -0.4 is 5.32 Å². The van der Waals surface area contributed by atoms with E-state index in [9.17, 15) is 8.60 Å². The number of aromatic hydroxyl groups is 1. The fourth-order valence-corrected chi connectivity index (χ4v) is 1.81. The van der Waals surface area contributed by atoms with E-state index in [4.69, 9.17) is 5.11 Å². The smallest absolute Gasteiger partial charge is 0.165 e. The topological polar surface area (TPSA) is 49.3 Å². The van der Waals surface area contributed by atoms with Crippen LogP contribution >= 0.6 is 0 Å². The lowest BCUT2D eigenvalue weighted by Gasteiger charge is -2.09. The lowest BCUT2D eigenvalue weighted by Crippen LogP contribution is -2.20. The van der Waals surface area contributed by atoms with Crippen LogP contribution in [0.1, 0.15) is 18.9 Å². The number of phenolic OH excluding ortho intramolecular Hbond substituents is 1. The third-order valence-corrected chi connectivity index (χ3v) is 4.00. The summed E-state index contributed by atoms with van der Waals surface area (Å²) in [5.41, 5.74) is 0.783. The third-order valence-electron chi connectivity index (χ3n) is 2.64. The summed E-state index contributed by atoms with van der Waals surface area (Å²) >= 11 is 0. The van der Waals surface area contributed by atoms with E-state index in [-0.39, 0.29) is 11.0 Å². The highest BCUT2D eigenvalue weighted by Crippen LogP contribution is 2.15. The highest BCUT2D eigenvalue weighted by molar-refractivity contribution is 7.84. The molecule has 0 radical (unpaired) electrons. The molecule has 2 unspecified atom stereocenters. The molecule has 0 aliphatic rings. The molecule has 0 heterocycles. The van der Waals surface area contributed by atoms with Gasteiger partial charge < -0.3 is 10.4 Å². The Morgan fingerprint density at radius 1 is 1.53 bits per heavy atom. The second kappa shape index (κ2) is 6.71. The van der Waals surface area contributed by atoms with Crippen LogP contribution in [0.2, 0.25) is 0 Å². The summed E-state index contributed by atoms with van der Waals surface area (Å²) in [4.78, 5) is 0. The fraction of sp³-hybridized carbons (Fsp3) is 0.500. The van der Waals surface area contributed by atoms with E-state index < -0.39 is 16.6 Å². The maximum Gasteiger partial charge on any atom is 0.165 e. The summed E-state index contributed by atoms with van der Waals surface area (Å²) in [6.07, 6.45) is 2.52. The first kappa shape index (κ1) is 14.1. The van der Waals surface area contributed by atoms with Gasteiger partial charge in [0.05, 0.1) is 0 Å². The third kappa shape index (κ3) is 4.83. The minimum absolute atomic E-state index is 0.166. The van der Waals surface area contributed by atoms with E-state index >= 15 is 0 Å². The average molecular weight is 259 g/mol. The van der Waals surface area contributed by atoms with Crippen molar-refractivity contribution >= 4 is 10.8 Å². The number of rotatable bonds is 6. The molecule has 0 saturated carbocycles. The van der Waals surface area contributed by atoms with Crippen LogP contribution in [0.25, 0.3) is 0 Å². The van der Waals surface area contributed by atoms with Gasteiger partial charge in [-0.2, -0.15) is 0 Å². The van der Waals surface area contributed by atoms with Gasteiger partial charge in [-0.25, -0.2) is 4.39 Å². The Morgan fingerprint density at radius 3 is 2.82 bits per heavy atom. The second-order valence-electron chi connectivity index (χ2n) is 4.06. The fourth-order valence-electron chi connectivity index (χ4n) is 1.36. The van der Waals surface area contributed by atoms with Crippen LogP contribution in [0.4, 0.5) is 4.39 Å². The van der Waals surface area contributed by atoms with Crippen molar-refractivity contribution in [2.24, 2.45) is 0 Å². The van der Waals surface area contributed by atoms with E-state index in [1.54, 1.807) is 12.3 Å². The Labute approximate surface area is 104 Å². The molecular formula is C12H18FNO2S. The van der Waals surface area contributed by atoms with E-state index in [1.165, 1.54) is 12.1 Å². The second-order valence-corrected chi connectivity index (χ2v) is 5.86. The van der Waals surface area contributed by atoms with Crippen molar-refractivity contribution in [2.75, 3.05) is 12.8 Å². The number of hydrogen-bond acceptors (Lipinski definition) is 3. The van der Waals surface area contributed by atoms with Crippen LogP contribution in [-0.2, 0) is 17.3 Å². The zero-order chi connectivity index (χ0) is 12.8. The molecule has 1 aromatic carbocycles. The highest BCUT2D eigenvalue weighted by atomic mass is 32.2. The number of nitrogens with one attached hydrogen (secondary N) is 1. The van der Waals surface area contributed by atoms with E-state index in [0.717, 1.165) is 18.5 Å². The molecule has 0 saturated heterocycles. The summed E-state index contributed by atoms with van der Waals surface area (Å²) in [6, 6.07) is 4.33. The lowest BCUT2D eigenvalue weighted by molar-refractivity contribution is 0.431. The molecule has 0 aromatic heterocycles. The molecule has 0 aliphatic heterocycles. The maximum absolute atomic E-state index is 13.0. The average Bonchev–Trinajstić information content (AvgIpc) is 2.28. The minimum atomic E-state index is -0.798. The molecule has 1 aromatic rings. The van der Waals surface area contributed by atoms with Gasteiger partial charge in [-0.05, 0) is 30.7 Å². The molecule has 2 N–H and O–H groups in total. The van der Waals surface area contributed by atoms with Crippen LogP contribution in [0, 0.1) is 5.82 Å². The number of benzene rings is 1. The highest BCUT2D eigenvalue weighted by Gasteiger charge is 2.05. The molecule has 0 amide bonds. The Morgan fingerprint density at radius 2 is 2.24 bits per heavy atom. The van der Waals surface area contributed by atoms with Crippen molar-refractivity contribution in [3.63, 3.8) is 0 Å². The van der Waals surface area contributed by atoms with Crippen molar-refractivity contribution in [3.05, 3.63) is 29.6 Å². The first-order chi connectivity index (χ1) is 8.00. The van der Waals surface area contributed by atoms with Gasteiger partial charge in [-0.3, -0.25) is 4.21 Å². The van der Waals surface area contributed by atoms with Crippen molar-refractivity contribution in [3.8, 4) is 5.75 Å². The zero-order valence-electron chi connectivity index (χ0n) is 10.1. The number of hydrogen-bond donors (Lipinski definition) is 2. The molecule has 17 heavy (non-hydrogen) atoms. The van der Waals surface area contributed by atoms with Gasteiger partial charge in [0, 0.05) is 28.9 Å². The predicted octanol–water partition coefficient (Wildman–Crippen LogP) is 1.78. The molecule has 0 spiro atoms. The van der Waals surface area contributed by atoms with Crippen LogP contribution in [0.15, 0.2) is 18.2 Å². The van der Waals surface area contributed by atoms with E-state index in [2.05, 4.69) is 5.32 Å². The van der Waals surface area contributed by atoms with Crippen molar-refractivity contribution in [1.29, 1.82) is 0 Å². The monoisotopic (exact) mass is 259 g/mol. The first-order valence-corrected chi connectivity index (χ1v) is 7.13. The largest absolute Gasteiger partial charge is 0.505 e. The standard InChI is InChI=1S/C12H18FNO2S/c1-9(17(2)16)5-6-14-8-10-3-4-12(15)11(13)7-10/h3-4,7,9,14-15H,5-6,8H2,1-2H3. The maximum atomic E-state index is 13.0. The normalized spacial score (nSPS) is 14.5. The summed E-state index contributed by atoms with van der Waals surface area (Å²) in [5, 5.41) is 12.3. The Hall–Kier alpha value is -0.940. The summed E-state index contributed by atoms with van der Waals surface area (Å²) in [5.74, 6) is -0.934. The van der Waals surface area contributed by atoms with Gasteiger partial charge in [0.2, 0.25) is 0 Å². The van der Waals surface area contributed by atoms with Gasteiger partial charge in [-0.15, -0.1) is 0 Å².